The van der Waals surface area contributed by atoms with E-state index in [1.54, 1.807) is 0 Å². The Labute approximate surface area is 71.5 Å². The molecule has 1 fully saturated rings. The van der Waals surface area contributed by atoms with Crippen LogP contribution in [0.2, 0.25) is 0 Å². The van der Waals surface area contributed by atoms with Crippen molar-refractivity contribution < 1.29 is 19.4 Å². The highest BCUT2D eigenvalue weighted by molar-refractivity contribution is 5.61. The number of cyclic esters (lactones) is 2. The van der Waals surface area contributed by atoms with Crippen LogP contribution in [0, 0.1) is 0 Å². The summed E-state index contributed by atoms with van der Waals surface area (Å²) in [6, 6.07) is 0. The van der Waals surface area contributed by atoms with Crippen molar-refractivity contribution in [2.24, 2.45) is 0 Å². The van der Waals surface area contributed by atoms with E-state index in [9.17, 15) is 9.90 Å². The van der Waals surface area contributed by atoms with Gasteiger partial charge in [0.2, 0.25) is 0 Å². The van der Waals surface area contributed by atoms with E-state index in [1.165, 1.54) is 0 Å². The van der Waals surface area contributed by atoms with Gasteiger partial charge in [-0.25, -0.2) is 4.79 Å². The van der Waals surface area contributed by atoms with Crippen LogP contribution >= 0.6 is 0 Å². The molecular weight excluding hydrogens is 160 g/mol. The van der Waals surface area contributed by atoms with Crippen molar-refractivity contribution in [2.45, 2.75) is 38.4 Å². The summed E-state index contributed by atoms with van der Waals surface area (Å²) in [5, 5.41) is 9.44. The monoisotopic (exact) mass is 174 g/mol. The average molecular weight is 174 g/mol. The molecule has 1 N–H and O–H groups in total. The summed E-state index contributed by atoms with van der Waals surface area (Å²) < 4.78 is 9.25. The van der Waals surface area contributed by atoms with Crippen LogP contribution in [0.5, 0.6) is 0 Å². The molecule has 1 rings (SSSR count). The molecule has 1 aliphatic rings. The van der Waals surface area contributed by atoms with Crippen molar-refractivity contribution in [3.8, 4) is 0 Å². The lowest BCUT2D eigenvalue weighted by molar-refractivity contribution is 0.0268. The van der Waals surface area contributed by atoms with E-state index < -0.39 is 18.4 Å². The fourth-order valence-corrected chi connectivity index (χ4v) is 1.13. The molecule has 0 aromatic rings. The van der Waals surface area contributed by atoms with Gasteiger partial charge in [-0.15, -0.1) is 0 Å². The maximum atomic E-state index is 10.5. The minimum absolute atomic E-state index is 0.184. The number of ether oxygens (including phenoxy) is 2. The van der Waals surface area contributed by atoms with Gasteiger partial charge in [-0.1, -0.05) is 19.8 Å². The zero-order valence-corrected chi connectivity index (χ0v) is 7.16. The Morgan fingerprint density at radius 2 is 2.50 bits per heavy atom. The molecule has 1 aliphatic heterocycles. The van der Waals surface area contributed by atoms with Gasteiger partial charge in [0.25, 0.3) is 0 Å². The van der Waals surface area contributed by atoms with E-state index in [1.807, 2.05) is 6.92 Å². The van der Waals surface area contributed by atoms with Gasteiger partial charge in [0, 0.05) is 0 Å². The lowest BCUT2D eigenvalue weighted by Gasteiger charge is -2.13. The summed E-state index contributed by atoms with van der Waals surface area (Å²) >= 11 is 0. The van der Waals surface area contributed by atoms with Crippen LogP contribution in [0.25, 0.3) is 0 Å². The summed E-state index contributed by atoms with van der Waals surface area (Å²) in [6.45, 7) is 2.23. The predicted octanol–water partition coefficient (Wildman–Crippen LogP) is 1.07. The molecule has 2 unspecified atom stereocenters. The van der Waals surface area contributed by atoms with Gasteiger partial charge in [-0.2, -0.15) is 0 Å². The predicted molar refractivity (Wildman–Crippen MR) is 41.8 cm³/mol. The molecular formula is C8H14O4. The topological polar surface area (TPSA) is 55.8 Å². The number of unbranched alkanes of at least 4 members (excludes halogenated alkanes) is 1. The van der Waals surface area contributed by atoms with E-state index in [4.69, 9.17) is 4.74 Å². The van der Waals surface area contributed by atoms with Gasteiger partial charge in [-0.05, 0) is 6.42 Å². The third-order valence-electron chi connectivity index (χ3n) is 1.90. The van der Waals surface area contributed by atoms with E-state index in [0.717, 1.165) is 12.8 Å². The summed E-state index contributed by atoms with van der Waals surface area (Å²) in [5.41, 5.74) is 0. The fraction of sp³-hybridized carbons (Fsp3) is 0.875. The zero-order valence-electron chi connectivity index (χ0n) is 7.16. The lowest BCUT2D eigenvalue weighted by atomic mass is 10.1. The van der Waals surface area contributed by atoms with Crippen LogP contribution in [0.1, 0.15) is 26.2 Å². The van der Waals surface area contributed by atoms with Crippen molar-refractivity contribution >= 4 is 6.16 Å². The van der Waals surface area contributed by atoms with E-state index >= 15 is 0 Å². The second kappa shape index (κ2) is 4.30. The molecule has 0 spiro atoms. The first-order chi connectivity index (χ1) is 5.74. The summed E-state index contributed by atoms with van der Waals surface area (Å²) in [6.07, 6.45) is 0.932. The lowest BCUT2D eigenvalue weighted by Crippen LogP contribution is -2.27. The van der Waals surface area contributed by atoms with Crippen molar-refractivity contribution in [2.75, 3.05) is 6.61 Å². The van der Waals surface area contributed by atoms with Gasteiger partial charge in [0.15, 0.2) is 6.10 Å². The Morgan fingerprint density at radius 3 is 3.00 bits per heavy atom. The number of hydrogen-bond acceptors (Lipinski definition) is 4. The number of hydrogen-bond donors (Lipinski definition) is 1. The van der Waals surface area contributed by atoms with E-state index in [2.05, 4.69) is 4.74 Å². The SMILES string of the molecule is CCCCC(O)C1COC(=O)O1. The van der Waals surface area contributed by atoms with Crippen LogP contribution in [-0.2, 0) is 9.47 Å². The molecule has 12 heavy (non-hydrogen) atoms. The molecule has 2 atom stereocenters. The molecule has 4 nitrogen and oxygen atoms in total. The summed E-state index contributed by atoms with van der Waals surface area (Å²) in [7, 11) is 0. The second-order valence-electron chi connectivity index (χ2n) is 2.93. The Morgan fingerprint density at radius 1 is 1.75 bits per heavy atom. The molecule has 0 aromatic heterocycles. The highest BCUT2D eigenvalue weighted by atomic mass is 16.8. The van der Waals surface area contributed by atoms with Crippen molar-refractivity contribution in [1.29, 1.82) is 0 Å². The normalized spacial score (nSPS) is 24.8. The van der Waals surface area contributed by atoms with Gasteiger partial charge < -0.3 is 14.6 Å². The van der Waals surface area contributed by atoms with Gasteiger partial charge >= 0.3 is 6.16 Å². The number of aliphatic hydroxyl groups excluding tert-OH is 1. The first-order valence-electron chi connectivity index (χ1n) is 4.25. The summed E-state index contributed by atoms with van der Waals surface area (Å²) in [4.78, 5) is 10.5. The second-order valence-corrected chi connectivity index (χ2v) is 2.93. The quantitative estimate of drug-likeness (QED) is 0.648. The van der Waals surface area contributed by atoms with Gasteiger partial charge in [0.1, 0.15) is 6.61 Å². The van der Waals surface area contributed by atoms with Crippen LogP contribution in [0.4, 0.5) is 4.79 Å². The van der Waals surface area contributed by atoms with Gasteiger partial charge in [0.05, 0.1) is 6.10 Å². The number of carbonyl (C=O) groups excluding carboxylic acids is 1. The molecule has 0 saturated carbocycles. The number of carbonyl (C=O) groups is 1. The standard InChI is InChI=1S/C8H14O4/c1-2-3-4-6(9)7-5-11-8(10)12-7/h6-7,9H,2-5H2,1H3. The van der Waals surface area contributed by atoms with Crippen molar-refractivity contribution in [1.82, 2.24) is 0 Å². The molecule has 1 heterocycles. The van der Waals surface area contributed by atoms with Crippen LogP contribution in [0.3, 0.4) is 0 Å². The largest absolute Gasteiger partial charge is 0.508 e. The first kappa shape index (κ1) is 9.32. The highest BCUT2D eigenvalue weighted by Gasteiger charge is 2.30. The Hall–Kier alpha value is -0.770. The van der Waals surface area contributed by atoms with E-state index in [-0.39, 0.29) is 6.61 Å². The maximum Gasteiger partial charge on any atom is 0.508 e. The molecule has 0 radical (unpaired) electrons. The third-order valence-corrected chi connectivity index (χ3v) is 1.90. The Bertz CT molecular complexity index is 157. The van der Waals surface area contributed by atoms with Crippen LogP contribution < -0.4 is 0 Å². The molecule has 4 heteroatoms. The van der Waals surface area contributed by atoms with E-state index in [0.29, 0.717) is 6.42 Å². The Balaban J connectivity index is 2.23. The molecule has 0 aromatic carbocycles. The van der Waals surface area contributed by atoms with Crippen LogP contribution in [-0.4, -0.2) is 30.1 Å². The zero-order chi connectivity index (χ0) is 8.97. The van der Waals surface area contributed by atoms with Crippen LogP contribution in [0.15, 0.2) is 0 Å². The highest BCUT2D eigenvalue weighted by Crippen LogP contribution is 2.14. The molecule has 0 aliphatic carbocycles. The first-order valence-corrected chi connectivity index (χ1v) is 4.25. The molecule has 0 amide bonds. The van der Waals surface area contributed by atoms with Gasteiger partial charge in [-0.3, -0.25) is 0 Å². The maximum absolute atomic E-state index is 10.5. The smallest absolute Gasteiger partial charge is 0.430 e. The number of rotatable bonds is 4. The average Bonchev–Trinajstić information content (AvgIpc) is 2.47. The molecule has 0 bridgehead atoms. The van der Waals surface area contributed by atoms with Crippen molar-refractivity contribution in [3.63, 3.8) is 0 Å². The fourth-order valence-electron chi connectivity index (χ4n) is 1.13. The minimum atomic E-state index is -0.671. The molecule has 1 saturated heterocycles. The van der Waals surface area contributed by atoms with Crippen molar-refractivity contribution in [3.05, 3.63) is 0 Å². The Kier molecular flexibility index (Phi) is 3.34. The third kappa shape index (κ3) is 2.37. The summed E-state index contributed by atoms with van der Waals surface area (Å²) in [5.74, 6) is 0. The minimum Gasteiger partial charge on any atom is -0.430 e. The number of aliphatic hydroxyl groups is 1. The molecule has 70 valence electrons.